The molecule has 3 aromatic rings. The molecule has 0 bridgehead atoms. The molecule has 2 N–H and O–H groups in total. The van der Waals surface area contributed by atoms with Gasteiger partial charge in [-0.25, -0.2) is 0 Å². The van der Waals surface area contributed by atoms with Gasteiger partial charge in [0, 0.05) is 23.6 Å². The maximum Gasteiger partial charge on any atom is 0.231 e. The van der Waals surface area contributed by atoms with E-state index in [4.69, 9.17) is 9.47 Å². The number of fused-ring (bicyclic) bond motifs is 2. The Balaban J connectivity index is 1.32. The van der Waals surface area contributed by atoms with Crippen LogP contribution in [0.5, 0.6) is 11.5 Å². The number of rotatable bonds is 5. The first-order chi connectivity index (χ1) is 11.8. The monoisotopic (exact) mass is 322 g/mol. The van der Waals surface area contributed by atoms with Crippen LogP contribution in [-0.2, 0) is 17.6 Å². The lowest BCUT2D eigenvalue weighted by Gasteiger charge is -2.06. The Bertz CT molecular complexity index is 885. The van der Waals surface area contributed by atoms with Crippen molar-refractivity contribution in [1.29, 1.82) is 0 Å². The smallest absolute Gasteiger partial charge is 0.231 e. The lowest BCUT2D eigenvalue weighted by Crippen LogP contribution is -2.27. The van der Waals surface area contributed by atoms with Crippen LogP contribution in [0.1, 0.15) is 11.1 Å². The highest BCUT2D eigenvalue weighted by atomic mass is 16.7. The second kappa shape index (κ2) is 6.28. The molecule has 24 heavy (non-hydrogen) atoms. The predicted octanol–water partition coefficient (Wildman–Crippen LogP) is 2.80. The van der Waals surface area contributed by atoms with Gasteiger partial charge in [-0.3, -0.25) is 4.79 Å². The van der Waals surface area contributed by atoms with Crippen LogP contribution in [-0.4, -0.2) is 24.2 Å². The Hall–Kier alpha value is -2.95. The Morgan fingerprint density at radius 3 is 2.96 bits per heavy atom. The lowest BCUT2D eigenvalue weighted by molar-refractivity contribution is -0.120. The van der Waals surface area contributed by atoms with Gasteiger partial charge in [-0.05, 0) is 35.7 Å². The molecule has 122 valence electrons. The molecule has 0 radical (unpaired) electrons. The molecule has 4 rings (SSSR count). The summed E-state index contributed by atoms with van der Waals surface area (Å²) in [7, 11) is 0. The number of benzene rings is 2. The van der Waals surface area contributed by atoms with E-state index in [-0.39, 0.29) is 12.7 Å². The summed E-state index contributed by atoms with van der Waals surface area (Å²) in [6.45, 7) is 0.862. The van der Waals surface area contributed by atoms with Crippen molar-refractivity contribution in [2.75, 3.05) is 13.3 Å². The van der Waals surface area contributed by atoms with Gasteiger partial charge in [0.25, 0.3) is 0 Å². The molecule has 5 nitrogen and oxygen atoms in total. The van der Waals surface area contributed by atoms with Gasteiger partial charge in [-0.1, -0.05) is 24.3 Å². The molecule has 1 aliphatic rings. The number of amides is 1. The van der Waals surface area contributed by atoms with Crippen molar-refractivity contribution in [3.63, 3.8) is 0 Å². The molecule has 0 spiro atoms. The number of para-hydroxylation sites is 1. The fraction of sp³-hybridized carbons (Fsp3) is 0.211. The minimum atomic E-state index is 0.00806. The Labute approximate surface area is 139 Å². The van der Waals surface area contributed by atoms with Crippen LogP contribution in [0.4, 0.5) is 0 Å². The molecule has 1 amide bonds. The number of ether oxygens (including phenoxy) is 2. The first-order valence-electron chi connectivity index (χ1n) is 8.00. The van der Waals surface area contributed by atoms with Gasteiger partial charge >= 0.3 is 0 Å². The Kier molecular flexibility index (Phi) is 3.83. The maximum absolute atomic E-state index is 12.1. The van der Waals surface area contributed by atoms with Gasteiger partial charge in [0.2, 0.25) is 12.7 Å². The van der Waals surface area contributed by atoms with Crippen molar-refractivity contribution < 1.29 is 14.3 Å². The third-order valence-electron chi connectivity index (χ3n) is 4.19. The third kappa shape index (κ3) is 2.93. The second-order valence-electron chi connectivity index (χ2n) is 5.82. The summed E-state index contributed by atoms with van der Waals surface area (Å²) in [5, 5.41) is 4.19. The van der Waals surface area contributed by atoms with Gasteiger partial charge in [0.1, 0.15) is 0 Å². The molecule has 5 heteroatoms. The van der Waals surface area contributed by atoms with Gasteiger partial charge in [0.05, 0.1) is 6.42 Å². The normalized spacial score (nSPS) is 12.5. The van der Waals surface area contributed by atoms with E-state index in [1.54, 1.807) is 0 Å². The van der Waals surface area contributed by atoms with E-state index in [0.29, 0.717) is 18.7 Å². The van der Waals surface area contributed by atoms with Crippen LogP contribution in [0, 0.1) is 0 Å². The zero-order chi connectivity index (χ0) is 16.4. The molecule has 2 heterocycles. The highest BCUT2D eigenvalue weighted by Crippen LogP contribution is 2.32. The molecule has 0 saturated heterocycles. The molecule has 0 saturated carbocycles. The standard InChI is InChI=1S/C19H18N2O3/c22-19(10-13-5-6-17-18(9-13)24-12-23-17)20-8-7-14-11-21-16-4-2-1-3-15(14)16/h1-6,9,11,21H,7-8,10,12H2,(H,20,22). The van der Waals surface area contributed by atoms with Crippen molar-refractivity contribution in [3.8, 4) is 11.5 Å². The molecule has 2 aromatic carbocycles. The first kappa shape index (κ1) is 14.6. The summed E-state index contributed by atoms with van der Waals surface area (Å²) >= 11 is 0. The quantitative estimate of drug-likeness (QED) is 0.759. The highest BCUT2D eigenvalue weighted by Gasteiger charge is 2.14. The van der Waals surface area contributed by atoms with Gasteiger partial charge in [-0.2, -0.15) is 0 Å². The summed E-state index contributed by atoms with van der Waals surface area (Å²) in [5.41, 5.74) is 3.26. The molecule has 0 atom stereocenters. The maximum atomic E-state index is 12.1. The number of carbonyl (C=O) groups is 1. The number of carbonyl (C=O) groups excluding carboxylic acids is 1. The Morgan fingerprint density at radius 1 is 1.12 bits per heavy atom. The van der Waals surface area contributed by atoms with E-state index < -0.39 is 0 Å². The van der Waals surface area contributed by atoms with Crippen LogP contribution in [0.25, 0.3) is 10.9 Å². The van der Waals surface area contributed by atoms with Gasteiger partial charge < -0.3 is 19.8 Å². The SMILES string of the molecule is O=C(Cc1ccc2c(c1)OCO2)NCCc1c[nH]c2ccccc12. The number of H-pyrrole nitrogens is 1. The van der Waals surface area contributed by atoms with Crippen LogP contribution in [0.15, 0.2) is 48.7 Å². The minimum absolute atomic E-state index is 0.00806. The molecule has 0 aliphatic carbocycles. The van der Waals surface area contributed by atoms with Crippen molar-refractivity contribution in [3.05, 3.63) is 59.8 Å². The van der Waals surface area contributed by atoms with Gasteiger partial charge in [-0.15, -0.1) is 0 Å². The van der Waals surface area contributed by atoms with Crippen LogP contribution < -0.4 is 14.8 Å². The predicted molar refractivity (Wildman–Crippen MR) is 91.3 cm³/mol. The number of nitrogens with one attached hydrogen (secondary N) is 2. The number of aromatic nitrogens is 1. The molecule has 0 fully saturated rings. The third-order valence-corrected chi connectivity index (χ3v) is 4.19. The topological polar surface area (TPSA) is 63.4 Å². The summed E-state index contributed by atoms with van der Waals surface area (Å²) in [6, 6.07) is 13.8. The first-order valence-corrected chi connectivity index (χ1v) is 8.00. The second-order valence-corrected chi connectivity index (χ2v) is 5.82. The average molecular weight is 322 g/mol. The molecule has 0 unspecified atom stereocenters. The zero-order valence-corrected chi connectivity index (χ0v) is 13.2. The summed E-state index contributed by atoms with van der Waals surface area (Å²) in [6.07, 6.45) is 3.15. The van der Waals surface area contributed by atoms with E-state index in [1.807, 2.05) is 36.5 Å². The summed E-state index contributed by atoms with van der Waals surface area (Å²) in [4.78, 5) is 15.4. The zero-order valence-electron chi connectivity index (χ0n) is 13.2. The molecular formula is C19H18N2O3. The molecular weight excluding hydrogens is 304 g/mol. The fourth-order valence-corrected chi connectivity index (χ4v) is 2.97. The van der Waals surface area contributed by atoms with Crippen molar-refractivity contribution in [2.45, 2.75) is 12.8 Å². The van der Waals surface area contributed by atoms with E-state index in [2.05, 4.69) is 22.4 Å². The summed E-state index contributed by atoms with van der Waals surface area (Å²) in [5.74, 6) is 1.45. The fourth-order valence-electron chi connectivity index (χ4n) is 2.97. The lowest BCUT2D eigenvalue weighted by atomic mass is 10.1. The molecule has 1 aliphatic heterocycles. The Morgan fingerprint density at radius 2 is 2.00 bits per heavy atom. The minimum Gasteiger partial charge on any atom is -0.454 e. The summed E-state index contributed by atoms with van der Waals surface area (Å²) < 4.78 is 10.6. The number of aromatic amines is 1. The van der Waals surface area contributed by atoms with E-state index in [9.17, 15) is 4.79 Å². The van der Waals surface area contributed by atoms with E-state index in [1.165, 1.54) is 10.9 Å². The van der Waals surface area contributed by atoms with Crippen LogP contribution >= 0.6 is 0 Å². The number of hydrogen-bond donors (Lipinski definition) is 2. The van der Waals surface area contributed by atoms with E-state index >= 15 is 0 Å². The molecule has 1 aromatic heterocycles. The highest BCUT2D eigenvalue weighted by molar-refractivity contribution is 5.83. The largest absolute Gasteiger partial charge is 0.454 e. The van der Waals surface area contributed by atoms with Crippen molar-refractivity contribution in [1.82, 2.24) is 10.3 Å². The number of hydrogen-bond acceptors (Lipinski definition) is 3. The van der Waals surface area contributed by atoms with Crippen molar-refractivity contribution >= 4 is 16.8 Å². The van der Waals surface area contributed by atoms with Crippen molar-refractivity contribution in [2.24, 2.45) is 0 Å². The van der Waals surface area contributed by atoms with Crippen LogP contribution in [0.3, 0.4) is 0 Å². The van der Waals surface area contributed by atoms with E-state index in [0.717, 1.165) is 23.3 Å². The van der Waals surface area contributed by atoms with Gasteiger partial charge in [0.15, 0.2) is 11.5 Å². The van der Waals surface area contributed by atoms with Crippen LogP contribution in [0.2, 0.25) is 0 Å². The average Bonchev–Trinajstić information content (AvgIpc) is 3.21.